The lowest BCUT2D eigenvalue weighted by atomic mass is 9.86. The van der Waals surface area contributed by atoms with Crippen LogP contribution in [0.4, 0.5) is 0 Å². The van der Waals surface area contributed by atoms with Crippen molar-refractivity contribution in [2.75, 3.05) is 6.61 Å². The maximum Gasteiger partial charge on any atom is 0.336 e. The number of hydrogen-bond acceptors (Lipinski definition) is 6. The summed E-state index contributed by atoms with van der Waals surface area (Å²) in [6.07, 6.45) is 0. The van der Waals surface area contributed by atoms with Crippen LogP contribution >= 0.6 is 11.6 Å². The van der Waals surface area contributed by atoms with E-state index in [0.29, 0.717) is 22.0 Å². The van der Waals surface area contributed by atoms with E-state index in [-0.39, 0.29) is 27.7 Å². The van der Waals surface area contributed by atoms with E-state index in [0.717, 1.165) is 0 Å². The van der Waals surface area contributed by atoms with Crippen LogP contribution in [0.5, 0.6) is 5.75 Å². The molecule has 1 heterocycles. The monoisotopic (exact) mass is 447 g/mol. The van der Waals surface area contributed by atoms with Crippen molar-refractivity contribution in [1.29, 1.82) is 0 Å². The van der Waals surface area contributed by atoms with Gasteiger partial charge in [0.1, 0.15) is 5.75 Å². The molecule has 0 amide bonds. The second-order valence-corrected chi connectivity index (χ2v) is 9.15. The second kappa shape index (κ2) is 8.53. The van der Waals surface area contributed by atoms with Gasteiger partial charge < -0.3 is 15.2 Å². The Morgan fingerprint density at radius 2 is 1.73 bits per heavy atom. The van der Waals surface area contributed by atoms with E-state index < -0.39 is 21.7 Å². The van der Waals surface area contributed by atoms with Crippen molar-refractivity contribution in [3.05, 3.63) is 81.0 Å². The van der Waals surface area contributed by atoms with Crippen LogP contribution in [0.25, 0.3) is 0 Å². The van der Waals surface area contributed by atoms with Gasteiger partial charge in [-0.1, -0.05) is 29.8 Å². The highest BCUT2D eigenvalue weighted by atomic mass is 35.5. The topological polar surface area (TPSA) is 92.7 Å². The Morgan fingerprint density at radius 3 is 2.33 bits per heavy atom. The number of esters is 1. The second-order valence-electron chi connectivity index (χ2n) is 6.83. The van der Waals surface area contributed by atoms with Crippen molar-refractivity contribution in [2.45, 2.75) is 31.6 Å². The molecule has 30 heavy (non-hydrogen) atoms. The first kappa shape index (κ1) is 21.9. The Bertz CT molecular complexity index is 1150. The first-order valence-electron chi connectivity index (χ1n) is 9.32. The Labute approximate surface area is 180 Å². The molecule has 1 aliphatic heterocycles. The SMILES string of the molecule is CCOC(=O)C1=C(C)NC(C)=C(S(=O)(=O)c2ccc(O)cc2)C1c1ccccc1Cl. The molecule has 1 atom stereocenters. The van der Waals surface area contributed by atoms with E-state index in [1.165, 1.54) is 24.3 Å². The van der Waals surface area contributed by atoms with Gasteiger partial charge in [-0.3, -0.25) is 0 Å². The van der Waals surface area contributed by atoms with Gasteiger partial charge in [0.15, 0.2) is 0 Å². The molecule has 0 saturated carbocycles. The van der Waals surface area contributed by atoms with Crippen LogP contribution < -0.4 is 5.32 Å². The number of hydrogen-bond donors (Lipinski definition) is 2. The summed E-state index contributed by atoms with van der Waals surface area (Å²) < 4.78 is 32.5. The van der Waals surface area contributed by atoms with E-state index >= 15 is 0 Å². The maximum absolute atomic E-state index is 13.6. The third-order valence-corrected chi connectivity index (χ3v) is 7.21. The molecule has 8 heteroatoms. The van der Waals surface area contributed by atoms with Crippen LogP contribution in [-0.2, 0) is 19.4 Å². The zero-order valence-corrected chi connectivity index (χ0v) is 18.3. The minimum atomic E-state index is -4.04. The van der Waals surface area contributed by atoms with Crippen LogP contribution in [-0.4, -0.2) is 26.1 Å². The largest absolute Gasteiger partial charge is 0.508 e. The number of sulfone groups is 1. The average Bonchev–Trinajstić information content (AvgIpc) is 2.68. The summed E-state index contributed by atoms with van der Waals surface area (Å²) in [4.78, 5) is 12.9. The smallest absolute Gasteiger partial charge is 0.336 e. The van der Waals surface area contributed by atoms with E-state index in [1.54, 1.807) is 45.0 Å². The van der Waals surface area contributed by atoms with E-state index in [4.69, 9.17) is 16.3 Å². The molecule has 2 aromatic rings. The fraction of sp³-hybridized carbons (Fsp3) is 0.227. The Morgan fingerprint density at radius 1 is 1.10 bits per heavy atom. The van der Waals surface area contributed by atoms with Gasteiger partial charge in [0, 0.05) is 16.4 Å². The number of ether oxygens (including phenoxy) is 1. The summed E-state index contributed by atoms with van der Waals surface area (Å²) in [5.41, 5.74) is 1.56. The number of rotatable bonds is 5. The van der Waals surface area contributed by atoms with Crippen LogP contribution in [0, 0.1) is 0 Å². The number of dihydropyridines is 1. The van der Waals surface area contributed by atoms with Crippen LogP contribution in [0.2, 0.25) is 5.02 Å². The van der Waals surface area contributed by atoms with Gasteiger partial charge in [-0.2, -0.15) is 0 Å². The minimum absolute atomic E-state index is 0.00346. The van der Waals surface area contributed by atoms with Gasteiger partial charge >= 0.3 is 5.97 Å². The van der Waals surface area contributed by atoms with Crippen LogP contribution in [0.3, 0.4) is 0 Å². The third kappa shape index (κ3) is 3.95. The lowest BCUT2D eigenvalue weighted by Crippen LogP contribution is -2.32. The van der Waals surface area contributed by atoms with Gasteiger partial charge in [-0.25, -0.2) is 13.2 Å². The first-order valence-corrected chi connectivity index (χ1v) is 11.2. The van der Waals surface area contributed by atoms with E-state index in [2.05, 4.69) is 5.32 Å². The molecule has 3 rings (SSSR count). The quantitative estimate of drug-likeness (QED) is 0.665. The number of benzene rings is 2. The highest BCUT2D eigenvalue weighted by Gasteiger charge is 2.41. The van der Waals surface area contributed by atoms with Crippen molar-refractivity contribution in [2.24, 2.45) is 0 Å². The molecule has 0 aliphatic carbocycles. The van der Waals surface area contributed by atoms with Gasteiger partial charge in [-0.05, 0) is 56.7 Å². The molecular weight excluding hydrogens is 426 g/mol. The zero-order chi connectivity index (χ0) is 22.1. The number of carbonyl (C=O) groups is 1. The lowest BCUT2D eigenvalue weighted by molar-refractivity contribution is -0.138. The average molecular weight is 448 g/mol. The van der Waals surface area contributed by atoms with Crippen LogP contribution in [0.1, 0.15) is 32.3 Å². The maximum atomic E-state index is 13.6. The highest BCUT2D eigenvalue weighted by Crippen LogP contribution is 2.45. The predicted molar refractivity (Wildman–Crippen MR) is 115 cm³/mol. The van der Waals surface area contributed by atoms with Crippen molar-refractivity contribution < 1.29 is 23.1 Å². The molecule has 0 bridgehead atoms. The molecule has 0 saturated heterocycles. The molecular formula is C22H22ClNO5S. The van der Waals surface area contributed by atoms with E-state index in [1.807, 2.05) is 0 Å². The predicted octanol–water partition coefficient (Wildman–Crippen LogP) is 4.27. The van der Waals surface area contributed by atoms with Gasteiger partial charge in [0.25, 0.3) is 0 Å². The van der Waals surface area contributed by atoms with Gasteiger partial charge in [0.2, 0.25) is 9.84 Å². The number of halogens is 1. The van der Waals surface area contributed by atoms with Crippen molar-refractivity contribution in [3.63, 3.8) is 0 Å². The normalized spacial score (nSPS) is 17.0. The molecule has 158 valence electrons. The molecule has 0 spiro atoms. The number of phenolic OH excluding ortho intramolecular Hbond substituents is 1. The van der Waals surface area contributed by atoms with Gasteiger partial charge in [0.05, 0.1) is 27.9 Å². The fourth-order valence-electron chi connectivity index (χ4n) is 3.57. The third-order valence-electron chi connectivity index (χ3n) is 4.85. The summed E-state index contributed by atoms with van der Waals surface area (Å²) >= 11 is 6.44. The Hall–Kier alpha value is -2.77. The van der Waals surface area contributed by atoms with Crippen molar-refractivity contribution in [1.82, 2.24) is 5.32 Å². The summed E-state index contributed by atoms with van der Waals surface area (Å²) in [6.45, 7) is 5.17. The summed E-state index contributed by atoms with van der Waals surface area (Å²) in [7, 11) is -4.04. The molecule has 1 aliphatic rings. The molecule has 1 unspecified atom stereocenters. The van der Waals surface area contributed by atoms with Crippen molar-refractivity contribution >= 4 is 27.4 Å². The number of aromatic hydroxyl groups is 1. The van der Waals surface area contributed by atoms with Gasteiger partial charge in [-0.15, -0.1) is 0 Å². The molecule has 0 fully saturated rings. The highest BCUT2D eigenvalue weighted by molar-refractivity contribution is 7.95. The summed E-state index contributed by atoms with van der Waals surface area (Å²) in [5.74, 6) is -1.61. The molecule has 0 aromatic heterocycles. The summed E-state index contributed by atoms with van der Waals surface area (Å²) in [5, 5.41) is 12.9. The number of phenols is 1. The Balaban J connectivity index is 2.29. The lowest BCUT2D eigenvalue weighted by Gasteiger charge is -2.31. The summed E-state index contributed by atoms with van der Waals surface area (Å²) in [6, 6.07) is 12.1. The molecule has 2 aromatic carbocycles. The van der Waals surface area contributed by atoms with Crippen molar-refractivity contribution in [3.8, 4) is 5.75 Å². The Kier molecular flexibility index (Phi) is 6.24. The molecule has 0 radical (unpaired) electrons. The number of nitrogens with one attached hydrogen (secondary N) is 1. The zero-order valence-electron chi connectivity index (χ0n) is 16.8. The van der Waals surface area contributed by atoms with Crippen LogP contribution in [0.15, 0.2) is 75.3 Å². The molecule has 6 nitrogen and oxygen atoms in total. The molecule has 2 N–H and O–H groups in total. The van der Waals surface area contributed by atoms with E-state index in [9.17, 15) is 18.3 Å². The number of allylic oxidation sites excluding steroid dienone is 3. The fourth-order valence-corrected chi connectivity index (χ4v) is 5.57. The standard InChI is InChI=1S/C22H22ClNO5S/c1-4-29-22(26)19-13(2)24-14(3)21(20(19)17-7-5-6-8-18(17)23)30(27,28)16-11-9-15(25)10-12-16/h5-12,20,24-25H,4H2,1-3H3. The first-order chi connectivity index (χ1) is 14.2. The number of carbonyl (C=O) groups excluding carboxylic acids is 1. The minimum Gasteiger partial charge on any atom is -0.508 e.